The number of sulfonamides is 1. The molecule has 0 amide bonds. The number of fused-ring (bicyclic) bond motifs is 1. The third kappa shape index (κ3) is 5.16. The molecular formula is C27H28ClNO5S. The summed E-state index contributed by atoms with van der Waals surface area (Å²) in [5, 5.41) is 10.2. The number of carbonyl (C=O) groups is 1. The number of anilines is 1. The number of ether oxygens (including phenoxy) is 1. The molecule has 4 rings (SSSR count). The molecule has 0 spiro atoms. The van der Waals surface area contributed by atoms with E-state index in [1.807, 2.05) is 44.2 Å². The van der Waals surface area contributed by atoms with Gasteiger partial charge >= 0.3 is 5.97 Å². The standard InChI is InChI=1S/C27H28ClNO5S/c1-17-6-5-7-23(12-17)35(32,33)29-16-22(15-27(3,4)26(30)31)34-25-9-8-19(14-24(25)29)20-10-18(2)11-21(28)13-20/h5-14,22H,15-16H2,1-4H3,(H,30,31)/t22-/m0/s1. The van der Waals surface area contributed by atoms with Gasteiger partial charge in [0.25, 0.3) is 10.0 Å². The summed E-state index contributed by atoms with van der Waals surface area (Å²) in [5.41, 5.74) is 2.80. The lowest BCUT2D eigenvalue weighted by Crippen LogP contribution is -2.46. The minimum absolute atomic E-state index is 0.00197. The molecular weight excluding hydrogens is 486 g/mol. The fraction of sp³-hybridized carbons (Fsp3) is 0.296. The van der Waals surface area contributed by atoms with E-state index in [0.29, 0.717) is 16.5 Å². The van der Waals surface area contributed by atoms with Crippen molar-refractivity contribution in [1.29, 1.82) is 0 Å². The van der Waals surface area contributed by atoms with E-state index >= 15 is 0 Å². The predicted molar refractivity (Wildman–Crippen MR) is 138 cm³/mol. The number of halogens is 1. The molecule has 1 aliphatic rings. The molecule has 184 valence electrons. The van der Waals surface area contributed by atoms with Crippen LogP contribution in [0.15, 0.2) is 65.6 Å². The summed E-state index contributed by atoms with van der Waals surface area (Å²) >= 11 is 6.27. The largest absolute Gasteiger partial charge is 0.486 e. The van der Waals surface area contributed by atoms with Crippen molar-refractivity contribution in [2.45, 2.75) is 45.1 Å². The summed E-state index contributed by atoms with van der Waals surface area (Å²) in [5.74, 6) is -0.576. The number of hydrogen-bond acceptors (Lipinski definition) is 4. The van der Waals surface area contributed by atoms with Gasteiger partial charge in [-0.3, -0.25) is 9.10 Å². The molecule has 0 saturated carbocycles. The molecule has 0 unspecified atom stereocenters. The number of aliphatic carboxylic acids is 1. The van der Waals surface area contributed by atoms with Crippen LogP contribution in [0, 0.1) is 19.3 Å². The molecule has 0 aromatic heterocycles. The molecule has 1 aliphatic heterocycles. The average Bonchev–Trinajstić information content (AvgIpc) is 2.77. The van der Waals surface area contributed by atoms with E-state index in [2.05, 4.69) is 0 Å². The molecule has 0 radical (unpaired) electrons. The molecule has 8 heteroatoms. The highest BCUT2D eigenvalue weighted by atomic mass is 35.5. The maximum absolute atomic E-state index is 13.8. The van der Waals surface area contributed by atoms with Crippen molar-refractivity contribution in [3.05, 3.63) is 76.8 Å². The van der Waals surface area contributed by atoms with Crippen LogP contribution in [0.5, 0.6) is 5.75 Å². The molecule has 6 nitrogen and oxygen atoms in total. The molecule has 3 aromatic rings. The molecule has 0 aliphatic carbocycles. The van der Waals surface area contributed by atoms with Gasteiger partial charge in [-0.15, -0.1) is 0 Å². The van der Waals surface area contributed by atoms with E-state index in [0.717, 1.165) is 22.3 Å². The van der Waals surface area contributed by atoms with E-state index < -0.39 is 27.5 Å². The first-order valence-corrected chi connectivity index (χ1v) is 13.1. The zero-order valence-electron chi connectivity index (χ0n) is 20.1. The Balaban J connectivity index is 1.83. The normalized spacial score (nSPS) is 15.9. The minimum Gasteiger partial charge on any atom is -0.486 e. The lowest BCUT2D eigenvalue weighted by Gasteiger charge is -2.38. The molecule has 0 bridgehead atoms. The van der Waals surface area contributed by atoms with E-state index in [1.165, 1.54) is 4.31 Å². The lowest BCUT2D eigenvalue weighted by atomic mass is 9.86. The van der Waals surface area contributed by atoms with E-state index in [1.54, 1.807) is 44.2 Å². The van der Waals surface area contributed by atoms with Crippen LogP contribution in [0.2, 0.25) is 5.02 Å². The number of nitrogens with zero attached hydrogens (tertiary/aromatic N) is 1. The monoisotopic (exact) mass is 513 g/mol. The summed E-state index contributed by atoms with van der Waals surface area (Å²) in [6.45, 7) is 7.00. The Morgan fingerprint density at radius 3 is 2.46 bits per heavy atom. The lowest BCUT2D eigenvalue weighted by molar-refractivity contribution is -0.148. The highest BCUT2D eigenvalue weighted by Crippen LogP contribution is 2.42. The van der Waals surface area contributed by atoms with Crippen molar-refractivity contribution >= 4 is 33.3 Å². The van der Waals surface area contributed by atoms with Crippen LogP contribution < -0.4 is 9.04 Å². The second-order valence-electron chi connectivity index (χ2n) is 9.69. The Bertz CT molecular complexity index is 1380. The van der Waals surface area contributed by atoms with Gasteiger partial charge in [-0.2, -0.15) is 0 Å². The fourth-order valence-corrected chi connectivity index (χ4v) is 6.18. The number of carboxylic acid groups (broad SMARTS) is 1. The number of benzene rings is 3. The Morgan fingerprint density at radius 2 is 1.80 bits per heavy atom. The fourth-order valence-electron chi connectivity index (χ4n) is 4.29. The number of hydrogen-bond donors (Lipinski definition) is 1. The topological polar surface area (TPSA) is 83.9 Å². The van der Waals surface area contributed by atoms with Crippen LogP contribution in [-0.2, 0) is 14.8 Å². The third-order valence-electron chi connectivity index (χ3n) is 6.16. The zero-order chi connectivity index (χ0) is 25.5. The van der Waals surface area contributed by atoms with Gasteiger partial charge in [0.2, 0.25) is 0 Å². The first kappa shape index (κ1) is 25.1. The van der Waals surface area contributed by atoms with Gasteiger partial charge in [0, 0.05) is 11.4 Å². The SMILES string of the molecule is Cc1cc(Cl)cc(-c2ccc3c(c2)N(S(=O)(=O)c2cccc(C)c2)C[C@H](CC(C)(C)C(=O)O)O3)c1. The molecule has 1 atom stereocenters. The molecule has 0 fully saturated rings. The zero-order valence-corrected chi connectivity index (χ0v) is 21.7. The smallest absolute Gasteiger partial charge is 0.309 e. The molecule has 35 heavy (non-hydrogen) atoms. The Morgan fingerprint density at radius 1 is 1.06 bits per heavy atom. The van der Waals surface area contributed by atoms with Crippen molar-refractivity contribution < 1.29 is 23.1 Å². The summed E-state index contributed by atoms with van der Waals surface area (Å²) in [4.78, 5) is 11.9. The van der Waals surface area contributed by atoms with Gasteiger partial charge < -0.3 is 9.84 Å². The summed E-state index contributed by atoms with van der Waals surface area (Å²) in [7, 11) is -3.94. The maximum atomic E-state index is 13.8. The number of rotatable bonds is 6. The van der Waals surface area contributed by atoms with Crippen molar-refractivity contribution in [3.8, 4) is 16.9 Å². The molecule has 1 N–H and O–H groups in total. The van der Waals surface area contributed by atoms with Crippen molar-refractivity contribution in [2.75, 3.05) is 10.8 Å². The molecule has 3 aromatic carbocycles. The van der Waals surface area contributed by atoms with Crippen LogP contribution >= 0.6 is 11.6 Å². The summed E-state index contributed by atoms with van der Waals surface area (Å²) < 4.78 is 35.2. The second kappa shape index (κ2) is 9.21. The maximum Gasteiger partial charge on any atom is 0.309 e. The highest BCUT2D eigenvalue weighted by molar-refractivity contribution is 7.92. The number of aryl methyl sites for hydroxylation is 2. The predicted octanol–water partition coefficient (Wildman–Crippen LogP) is 6.08. The van der Waals surface area contributed by atoms with Gasteiger partial charge in [-0.1, -0.05) is 35.9 Å². The van der Waals surface area contributed by atoms with E-state index in [4.69, 9.17) is 16.3 Å². The van der Waals surface area contributed by atoms with E-state index in [9.17, 15) is 18.3 Å². The summed E-state index contributed by atoms with van der Waals surface area (Å²) in [6, 6.07) is 17.8. The summed E-state index contributed by atoms with van der Waals surface area (Å²) in [6.07, 6.45) is -0.482. The molecule has 1 heterocycles. The second-order valence-corrected chi connectivity index (χ2v) is 12.0. The van der Waals surface area contributed by atoms with Crippen LogP contribution in [-0.4, -0.2) is 32.1 Å². The Labute approximate surface area is 211 Å². The minimum atomic E-state index is -3.94. The molecule has 0 saturated heterocycles. The Hall–Kier alpha value is -3.03. The van der Waals surface area contributed by atoms with Crippen molar-refractivity contribution in [3.63, 3.8) is 0 Å². The highest BCUT2D eigenvalue weighted by Gasteiger charge is 2.39. The van der Waals surface area contributed by atoms with Gasteiger partial charge in [0.15, 0.2) is 0 Å². The van der Waals surface area contributed by atoms with Crippen molar-refractivity contribution in [2.24, 2.45) is 5.41 Å². The van der Waals surface area contributed by atoms with Gasteiger partial charge in [-0.25, -0.2) is 8.42 Å². The van der Waals surface area contributed by atoms with Crippen LogP contribution in [0.3, 0.4) is 0 Å². The van der Waals surface area contributed by atoms with Crippen LogP contribution in [0.4, 0.5) is 5.69 Å². The van der Waals surface area contributed by atoms with Gasteiger partial charge in [0.05, 0.1) is 22.5 Å². The average molecular weight is 514 g/mol. The van der Waals surface area contributed by atoms with Gasteiger partial charge in [-0.05, 0) is 86.3 Å². The van der Waals surface area contributed by atoms with Crippen LogP contribution in [0.25, 0.3) is 11.1 Å². The third-order valence-corrected chi connectivity index (χ3v) is 8.15. The van der Waals surface area contributed by atoms with E-state index in [-0.39, 0.29) is 17.9 Å². The van der Waals surface area contributed by atoms with Crippen molar-refractivity contribution in [1.82, 2.24) is 0 Å². The number of carboxylic acids is 1. The first-order valence-electron chi connectivity index (χ1n) is 11.3. The van der Waals surface area contributed by atoms with Gasteiger partial charge in [0.1, 0.15) is 11.9 Å². The Kier molecular flexibility index (Phi) is 6.60. The van der Waals surface area contributed by atoms with Crippen LogP contribution in [0.1, 0.15) is 31.4 Å². The quantitative estimate of drug-likeness (QED) is 0.431. The first-order chi connectivity index (χ1) is 16.4.